The van der Waals surface area contributed by atoms with Gasteiger partial charge in [-0.1, -0.05) is 35.9 Å². The maximum Gasteiger partial charge on any atom is 0.307 e. The third-order valence-electron chi connectivity index (χ3n) is 2.52. The number of aliphatic carboxylic acids is 1. The Bertz CT molecular complexity index is 589. The highest BCUT2D eigenvalue weighted by Gasteiger charge is 1.99. The van der Waals surface area contributed by atoms with Crippen LogP contribution in [-0.4, -0.2) is 17.3 Å². The van der Waals surface area contributed by atoms with E-state index in [1.54, 1.807) is 42.6 Å². The van der Waals surface area contributed by atoms with Crippen molar-refractivity contribution in [1.29, 1.82) is 0 Å². The topological polar surface area (TPSA) is 49.7 Å². The Labute approximate surface area is 116 Å². The van der Waals surface area contributed by atoms with Crippen molar-refractivity contribution in [3.63, 3.8) is 0 Å². The van der Waals surface area contributed by atoms with E-state index in [0.29, 0.717) is 5.02 Å². The minimum atomic E-state index is -0.836. The standard InChI is InChI=1S/C15H12ClNO2/c16-13-5-1-12(2-6-13)10-17-14-7-3-11(4-8-14)9-15(18)19/h1-8,10H,9H2,(H,18,19)/b17-10+. The van der Waals surface area contributed by atoms with Gasteiger partial charge in [0.25, 0.3) is 0 Å². The van der Waals surface area contributed by atoms with Crippen molar-refractivity contribution in [3.05, 3.63) is 64.7 Å². The maximum atomic E-state index is 10.6. The van der Waals surface area contributed by atoms with E-state index < -0.39 is 5.97 Å². The van der Waals surface area contributed by atoms with Crippen LogP contribution in [0.15, 0.2) is 53.5 Å². The lowest BCUT2D eigenvalue weighted by Gasteiger charge is -1.98. The van der Waals surface area contributed by atoms with E-state index in [-0.39, 0.29) is 6.42 Å². The highest BCUT2D eigenvalue weighted by molar-refractivity contribution is 6.30. The maximum absolute atomic E-state index is 10.6. The number of carboxylic acid groups (broad SMARTS) is 1. The molecule has 0 atom stereocenters. The zero-order valence-electron chi connectivity index (χ0n) is 10.1. The molecule has 0 fully saturated rings. The van der Waals surface area contributed by atoms with Crippen molar-refractivity contribution < 1.29 is 9.90 Å². The molecule has 2 aromatic rings. The van der Waals surface area contributed by atoms with Crippen LogP contribution in [-0.2, 0) is 11.2 Å². The van der Waals surface area contributed by atoms with Crippen LogP contribution in [0, 0.1) is 0 Å². The van der Waals surface area contributed by atoms with E-state index in [1.165, 1.54) is 0 Å². The van der Waals surface area contributed by atoms with Crippen LogP contribution >= 0.6 is 11.6 Å². The van der Waals surface area contributed by atoms with Crippen molar-refractivity contribution in [2.24, 2.45) is 4.99 Å². The lowest BCUT2D eigenvalue weighted by molar-refractivity contribution is -0.136. The van der Waals surface area contributed by atoms with Gasteiger partial charge in [0.15, 0.2) is 0 Å². The fourth-order valence-corrected chi connectivity index (χ4v) is 1.70. The third kappa shape index (κ3) is 4.23. The normalized spacial score (nSPS) is 10.8. The third-order valence-corrected chi connectivity index (χ3v) is 2.78. The summed E-state index contributed by atoms with van der Waals surface area (Å²) >= 11 is 5.80. The second kappa shape index (κ2) is 6.16. The molecule has 0 unspecified atom stereocenters. The minimum Gasteiger partial charge on any atom is -0.481 e. The lowest BCUT2D eigenvalue weighted by atomic mass is 10.1. The number of carboxylic acids is 1. The Morgan fingerprint density at radius 3 is 2.32 bits per heavy atom. The number of hydrogen-bond donors (Lipinski definition) is 1. The minimum absolute atomic E-state index is 0.0289. The number of nitrogens with zero attached hydrogens (tertiary/aromatic N) is 1. The molecule has 0 spiro atoms. The second-order valence-corrected chi connectivity index (χ2v) is 4.48. The molecule has 0 bridgehead atoms. The summed E-state index contributed by atoms with van der Waals surface area (Å²) in [6, 6.07) is 14.5. The molecule has 0 aromatic heterocycles. The van der Waals surface area contributed by atoms with E-state index in [9.17, 15) is 4.79 Å². The first-order valence-electron chi connectivity index (χ1n) is 5.74. The zero-order valence-corrected chi connectivity index (χ0v) is 10.8. The monoisotopic (exact) mass is 273 g/mol. The molecule has 0 aliphatic heterocycles. The molecule has 0 saturated heterocycles. The Morgan fingerprint density at radius 2 is 1.74 bits per heavy atom. The van der Waals surface area contributed by atoms with Crippen LogP contribution in [0.3, 0.4) is 0 Å². The second-order valence-electron chi connectivity index (χ2n) is 4.05. The molecular weight excluding hydrogens is 262 g/mol. The molecule has 3 nitrogen and oxygen atoms in total. The number of hydrogen-bond acceptors (Lipinski definition) is 2. The van der Waals surface area contributed by atoms with E-state index in [0.717, 1.165) is 16.8 Å². The van der Waals surface area contributed by atoms with Gasteiger partial charge in [0.05, 0.1) is 12.1 Å². The molecule has 0 aliphatic carbocycles. The summed E-state index contributed by atoms with van der Waals surface area (Å²) in [5, 5.41) is 9.36. The van der Waals surface area contributed by atoms with Crippen LogP contribution in [0.1, 0.15) is 11.1 Å². The molecule has 4 heteroatoms. The molecule has 2 rings (SSSR count). The van der Waals surface area contributed by atoms with Crippen LogP contribution < -0.4 is 0 Å². The van der Waals surface area contributed by atoms with Gasteiger partial charge < -0.3 is 5.11 Å². The molecule has 0 saturated carbocycles. The Hall–Kier alpha value is -2.13. The fraction of sp³-hybridized carbons (Fsp3) is 0.0667. The fourth-order valence-electron chi connectivity index (χ4n) is 1.57. The summed E-state index contributed by atoms with van der Waals surface area (Å²) in [7, 11) is 0. The highest BCUT2D eigenvalue weighted by Crippen LogP contribution is 2.14. The van der Waals surface area contributed by atoms with E-state index in [2.05, 4.69) is 4.99 Å². The number of carbonyl (C=O) groups is 1. The predicted octanol–water partition coefficient (Wildman–Crippen LogP) is 3.72. The Morgan fingerprint density at radius 1 is 1.11 bits per heavy atom. The smallest absolute Gasteiger partial charge is 0.307 e. The lowest BCUT2D eigenvalue weighted by Crippen LogP contribution is -1.99. The summed E-state index contributed by atoms with van der Waals surface area (Å²) < 4.78 is 0. The molecule has 19 heavy (non-hydrogen) atoms. The summed E-state index contributed by atoms with van der Waals surface area (Å²) in [5.41, 5.74) is 2.50. The molecule has 96 valence electrons. The van der Waals surface area contributed by atoms with Gasteiger partial charge in [-0.25, -0.2) is 0 Å². The summed E-state index contributed by atoms with van der Waals surface area (Å²) in [6.45, 7) is 0. The van der Waals surface area contributed by atoms with Crippen molar-refractivity contribution in [2.45, 2.75) is 6.42 Å². The first-order chi connectivity index (χ1) is 9.13. The van der Waals surface area contributed by atoms with Gasteiger partial charge in [-0.3, -0.25) is 9.79 Å². The van der Waals surface area contributed by atoms with Crippen LogP contribution in [0.2, 0.25) is 5.02 Å². The van der Waals surface area contributed by atoms with Gasteiger partial charge in [0, 0.05) is 11.2 Å². The molecule has 2 aromatic carbocycles. The first-order valence-corrected chi connectivity index (χ1v) is 6.11. The zero-order chi connectivity index (χ0) is 13.7. The quantitative estimate of drug-likeness (QED) is 0.863. The molecule has 0 aliphatic rings. The molecule has 0 radical (unpaired) electrons. The van der Waals surface area contributed by atoms with Gasteiger partial charge in [-0.2, -0.15) is 0 Å². The summed E-state index contributed by atoms with van der Waals surface area (Å²) in [5.74, 6) is -0.836. The summed E-state index contributed by atoms with van der Waals surface area (Å²) in [4.78, 5) is 14.9. The van der Waals surface area contributed by atoms with Crippen molar-refractivity contribution in [2.75, 3.05) is 0 Å². The molecular formula is C15H12ClNO2. The number of aliphatic imine (C=N–C) groups is 1. The number of rotatable bonds is 4. The van der Waals surface area contributed by atoms with Crippen LogP contribution in [0.5, 0.6) is 0 Å². The van der Waals surface area contributed by atoms with E-state index in [1.807, 2.05) is 12.1 Å². The van der Waals surface area contributed by atoms with E-state index >= 15 is 0 Å². The molecule has 0 amide bonds. The van der Waals surface area contributed by atoms with Crippen molar-refractivity contribution >= 4 is 29.5 Å². The summed E-state index contributed by atoms with van der Waals surface area (Å²) in [6.07, 6.45) is 1.77. The Kier molecular flexibility index (Phi) is 4.31. The molecule has 0 heterocycles. The largest absolute Gasteiger partial charge is 0.481 e. The number of halogens is 1. The van der Waals surface area contributed by atoms with Crippen molar-refractivity contribution in [3.8, 4) is 0 Å². The van der Waals surface area contributed by atoms with Gasteiger partial charge >= 0.3 is 5.97 Å². The van der Waals surface area contributed by atoms with Crippen LogP contribution in [0.25, 0.3) is 0 Å². The highest BCUT2D eigenvalue weighted by atomic mass is 35.5. The van der Waals surface area contributed by atoms with Crippen molar-refractivity contribution in [1.82, 2.24) is 0 Å². The Balaban J connectivity index is 2.06. The average Bonchev–Trinajstić information content (AvgIpc) is 2.39. The van der Waals surface area contributed by atoms with Gasteiger partial charge in [0.1, 0.15) is 0 Å². The van der Waals surface area contributed by atoms with Gasteiger partial charge in [0.2, 0.25) is 0 Å². The molecule has 1 N–H and O–H groups in total. The van der Waals surface area contributed by atoms with Gasteiger partial charge in [-0.15, -0.1) is 0 Å². The predicted molar refractivity (Wildman–Crippen MR) is 76.5 cm³/mol. The van der Waals surface area contributed by atoms with Gasteiger partial charge in [-0.05, 0) is 35.4 Å². The number of benzene rings is 2. The van der Waals surface area contributed by atoms with Crippen LogP contribution in [0.4, 0.5) is 5.69 Å². The SMILES string of the molecule is O=C(O)Cc1ccc(/N=C/c2ccc(Cl)cc2)cc1. The van der Waals surface area contributed by atoms with E-state index in [4.69, 9.17) is 16.7 Å². The first kappa shape index (κ1) is 13.3. The average molecular weight is 274 g/mol.